The van der Waals surface area contributed by atoms with E-state index in [1.54, 1.807) is 12.1 Å². The molecule has 0 aliphatic rings. The molecule has 138 valence electrons. The van der Waals surface area contributed by atoms with Gasteiger partial charge >= 0.3 is 0 Å². The predicted molar refractivity (Wildman–Crippen MR) is 108 cm³/mol. The summed E-state index contributed by atoms with van der Waals surface area (Å²) in [5, 5.41) is 14.9. The topological polar surface area (TPSA) is 66.9 Å². The Morgan fingerprint density at radius 1 is 0.815 bits per heavy atom. The van der Waals surface area contributed by atoms with E-state index in [1.165, 1.54) is 11.1 Å². The second-order valence-corrected chi connectivity index (χ2v) is 6.53. The van der Waals surface area contributed by atoms with E-state index in [2.05, 4.69) is 20.8 Å². The summed E-state index contributed by atoms with van der Waals surface area (Å²) in [5.74, 6) is 0.427. The van der Waals surface area contributed by atoms with Crippen LogP contribution in [0.2, 0.25) is 5.02 Å². The largest absolute Gasteiger partial charge is 0.368 e. The molecule has 5 nitrogen and oxygen atoms in total. The van der Waals surface area contributed by atoms with E-state index in [0.717, 1.165) is 24.4 Å². The number of rotatable bonds is 8. The molecule has 1 amide bonds. The average Bonchev–Trinajstić information content (AvgIpc) is 2.71. The Balaban J connectivity index is 1.42. The van der Waals surface area contributed by atoms with Crippen molar-refractivity contribution in [1.29, 1.82) is 0 Å². The second-order valence-electron chi connectivity index (χ2n) is 6.10. The molecule has 1 heterocycles. The van der Waals surface area contributed by atoms with E-state index < -0.39 is 0 Å². The number of hydrogen-bond donors (Lipinski definition) is 2. The molecule has 0 fully saturated rings. The first-order valence-corrected chi connectivity index (χ1v) is 9.23. The molecule has 0 radical (unpaired) electrons. The predicted octanol–water partition coefficient (Wildman–Crippen LogP) is 3.76. The first-order chi connectivity index (χ1) is 13.2. The van der Waals surface area contributed by atoms with E-state index in [0.29, 0.717) is 18.1 Å². The Kier molecular flexibility index (Phi) is 6.77. The zero-order chi connectivity index (χ0) is 18.9. The first kappa shape index (κ1) is 18.9. The van der Waals surface area contributed by atoms with Crippen LogP contribution in [-0.2, 0) is 12.8 Å². The van der Waals surface area contributed by atoms with Crippen LogP contribution in [-0.4, -0.2) is 29.2 Å². The number of halogens is 1. The maximum Gasteiger partial charge on any atom is 0.271 e. The van der Waals surface area contributed by atoms with E-state index in [4.69, 9.17) is 11.6 Å². The molecule has 6 heteroatoms. The van der Waals surface area contributed by atoms with Crippen molar-refractivity contribution in [3.8, 4) is 0 Å². The highest BCUT2D eigenvalue weighted by atomic mass is 35.5. The summed E-state index contributed by atoms with van der Waals surface area (Å²) in [6.07, 6.45) is 1.63. The average molecular weight is 381 g/mol. The van der Waals surface area contributed by atoms with Gasteiger partial charge in [0.15, 0.2) is 5.69 Å². The minimum atomic E-state index is -0.217. The summed E-state index contributed by atoms with van der Waals surface area (Å²) >= 11 is 5.88. The molecule has 0 aliphatic carbocycles. The third-order valence-electron chi connectivity index (χ3n) is 4.07. The highest BCUT2D eigenvalue weighted by molar-refractivity contribution is 6.30. The highest BCUT2D eigenvalue weighted by Gasteiger charge is 2.07. The number of nitrogens with one attached hydrogen (secondary N) is 2. The standard InChI is InChI=1S/C21H21ClN4O/c22-18-8-6-17(7-9-18)12-14-23-20-11-10-19(25-26-20)21(27)24-15-13-16-4-2-1-3-5-16/h1-11H,12-15H2,(H,23,26)(H,24,27). The fourth-order valence-corrected chi connectivity index (χ4v) is 2.72. The molecule has 2 N–H and O–H groups in total. The van der Waals surface area contributed by atoms with Gasteiger partial charge in [0.2, 0.25) is 0 Å². The maximum absolute atomic E-state index is 12.1. The SMILES string of the molecule is O=C(NCCc1ccccc1)c1ccc(NCCc2ccc(Cl)cc2)nn1. The smallest absolute Gasteiger partial charge is 0.271 e. The lowest BCUT2D eigenvalue weighted by atomic mass is 10.1. The third kappa shape index (κ3) is 6.08. The molecular formula is C21H21ClN4O. The summed E-state index contributed by atoms with van der Waals surface area (Å²) in [6.45, 7) is 1.28. The van der Waals surface area contributed by atoms with E-state index in [-0.39, 0.29) is 5.91 Å². The molecule has 0 bridgehead atoms. The molecule has 3 aromatic rings. The minimum Gasteiger partial charge on any atom is -0.368 e. The Labute approximate surface area is 163 Å². The Bertz CT molecular complexity index is 852. The fourth-order valence-electron chi connectivity index (χ4n) is 2.59. The van der Waals surface area contributed by atoms with Crippen LogP contribution in [0.5, 0.6) is 0 Å². The molecule has 0 spiro atoms. The lowest BCUT2D eigenvalue weighted by Gasteiger charge is -2.07. The number of aromatic nitrogens is 2. The molecule has 27 heavy (non-hydrogen) atoms. The van der Waals surface area contributed by atoms with Crippen LogP contribution in [0, 0.1) is 0 Å². The zero-order valence-corrected chi connectivity index (χ0v) is 15.6. The Morgan fingerprint density at radius 3 is 2.22 bits per heavy atom. The highest BCUT2D eigenvalue weighted by Crippen LogP contribution is 2.10. The van der Waals surface area contributed by atoms with Crippen molar-refractivity contribution in [2.75, 3.05) is 18.4 Å². The summed E-state index contributed by atoms with van der Waals surface area (Å²) in [6, 6.07) is 21.2. The Morgan fingerprint density at radius 2 is 1.52 bits per heavy atom. The van der Waals surface area contributed by atoms with Gasteiger partial charge in [-0.15, -0.1) is 10.2 Å². The monoisotopic (exact) mass is 380 g/mol. The number of carbonyl (C=O) groups is 1. The van der Waals surface area contributed by atoms with E-state index >= 15 is 0 Å². The van der Waals surface area contributed by atoms with Crippen LogP contribution in [0.3, 0.4) is 0 Å². The number of amides is 1. The molecule has 0 aliphatic heterocycles. The molecular weight excluding hydrogens is 360 g/mol. The lowest BCUT2D eigenvalue weighted by molar-refractivity contribution is 0.0948. The first-order valence-electron chi connectivity index (χ1n) is 8.85. The van der Waals surface area contributed by atoms with Gasteiger partial charge in [0, 0.05) is 18.1 Å². The summed E-state index contributed by atoms with van der Waals surface area (Å²) < 4.78 is 0. The minimum absolute atomic E-state index is 0.217. The van der Waals surface area contributed by atoms with E-state index in [1.807, 2.05) is 54.6 Å². The van der Waals surface area contributed by atoms with Crippen molar-refractivity contribution < 1.29 is 4.79 Å². The van der Waals surface area contributed by atoms with Crippen LogP contribution in [0.15, 0.2) is 66.7 Å². The molecule has 0 atom stereocenters. The number of nitrogens with zero attached hydrogens (tertiary/aromatic N) is 2. The van der Waals surface area contributed by atoms with E-state index in [9.17, 15) is 4.79 Å². The quantitative estimate of drug-likeness (QED) is 0.624. The molecule has 0 unspecified atom stereocenters. The normalized spacial score (nSPS) is 10.4. The number of benzene rings is 2. The maximum atomic E-state index is 12.1. The van der Waals surface area contributed by atoms with Gasteiger partial charge in [-0.05, 0) is 48.2 Å². The number of carbonyl (C=O) groups excluding carboxylic acids is 1. The lowest BCUT2D eigenvalue weighted by Crippen LogP contribution is -2.26. The molecule has 1 aromatic heterocycles. The van der Waals surface area contributed by atoms with Crippen LogP contribution < -0.4 is 10.6 Å². The Hall–Kier alpha value is -2.92. The van der Waals surface area contributed by atoms with Gasteiger partial charge in [-0.2, -0.15) is 0 Å². The third-order valence-corrected chi connectivity index (χ3v) is 4.32. The molecule has 0 saturated heterocycles. The summed E-state index contributed by atoms with van der Waals surface area (Å²) in [5.41, 5.74) is 2.68. The van der Waals surface area contributed by atoms with Gasteiger partial charge in [-0.1, -0.05) is 54.1 Å². The molecule has 2 aromatic carbocycles. The molecule has 3 rings (SSSR count). The van der Waals surface area contributed by atoms with Crippen molar-refractivity contribution >= 4 is 23.3 Å². The van der Waals surface area contributed by atoms with Gasteiger partial charge in [-0.3, -0.25) is 4.79 Å². The zero-order valence-electron chi connectivity index (χ0n) is 14.9. The fraction of sp³-hybridized carbons (Fsp3) is 0.190. The van der Waals surface area contributed by atoms with Crippen molar-refractivity contribution in [1.82, 2.24) is 15.5 Å². The van der Waals surface area contributed by atoms with Crippen molar-refractivity contribution in [3.63, 3.8) is 0 Å². The second kappa shape index (κ2) is 9.69. The van der Waals surface area contributed by atoms with Gasteiger partial charge in [0.1, 0.15) is 5.82 Å². The van der Waals surface area contributed by atoms with Crippen LogP contribution in [0.1, 0.15) is 21.6 Å². The van der Waals surface area contributed by atoms with Gasteiger partial charge in [0.05, 0.1) is 0 Å². The van der Waals surface area contributed by atoms with Crippen LogP contribution in [0.25, 0.3) is 0 Å². The van der Waals surface area contributed by atoms with Crippen molar-refractivity contribution in [2.24, 2.45) is 0 Å². The van der Waals surface area contributed by atoms with Crippen molar-refractivity contribution in [3.05, 3.63) is 88.6 Å². The van der Waals surface area contributed by atoms with Gasteiger partial charge in [0.25, 0.3) is 5.91 Å². The molecule has 0 saturated carbocycles. The summed E-state index contributed by atoms with van der Waals surface area (Å²) in [7, 11) is 0. The number of hydrogen-bond acceptors (Lipinski definition) is 4. The van der Waals surface area contributed by atoms with Crippen LogP contribution in [0.4, 0.5) is 5.82 Å². The van der Waals surface area contributed by atoms with Gasteiger partial charge in [-0.25, -0.2) is 0 Å². The number of anilines is 1. The van der Waals surface area contributed by atoms with Crippen molar-refractivity contribution in [2.45, 2.75) is 12.8 Å². The summed E-state index contributed by atoms with van der Waals surface area (Å²) in [4.78, 5) is 12.1. The van der Waals surface area contributed by atoms with Gasteiger partial charge < -0.3 is 10.6 Å². The van der Waals surface area contributed by atoms with Crippen LogP contribution >= 0.6 is 11.6 Å².